The minimum atomic E-state index is 0.669. The average Bonchev–Trinajstić information content (AvgIpc) is 1.86. The van der Waals surface area contributed by atoms with Gasteiger partial charge in [0.2, 0.25) is 0 Å². The SMILES string of the molecule is Brc1cnco1. The zero-order valence-corrected chi connectivity index (χ0v) is 4.47. The van der Waals surface area contributed by atoms with Gasteiger partial charge >= 0.3 is 0 Å². The molecule has 0 bridgehead atoms. The molecule has 0 radical (unpaired) electrons. The van der Waals surface area contributed by atoms with Crippen molar-refractivity contribution in [3.8, 4) is 0 Å². The summed E-state index contributed by atoms with van der Waals surface area (Å²) in [6, 6.07) is 0. The molecule has 0 fully saturated rings. The fourth-order valence-electron chi connectivity index (χ4n) is 0.200. The summed E-state index contributed by atoms with van der Waals surface area (Å²) in [4.78, 5) is 3.61. The Labute approximate surface area is 43.3 Å². The van der Waals surface area contributed by atoms with Gasteiger partial charge in [0.25, 0.3) is 0 Å². The third kappa shape index (κ3) is 0.597. The minimum Gasteiger partial charge on any atom is -0.437 e. The molecule has 0 aromatic carbocycles. The quantitative estimate of drug-likeness (QED) is 0.556. The molecule has 1 rings (SSSR count). The second kappa shape index (κ2) is 1.43. The van der Waals surface area contributed by atoms with E-state index < -0.39 is 0 Å². The summed E-state index contributed by atoms with van der Waals surface area (Å²) in [5.74, 6) is 0. The predicted octanol–water partition coefficient (Wildman–Crippen LogP) is 1.44. The van der Waals surface area contributed by atoms with Gasteiger partial charge in [0.1, 0.15) is 0 Å². The van der Waals surface area contributed by atoms with E-state index in [1.165, 1.54) is 6.39 Å². The van der Waals surface area contributed by atoms with E-state index in [-0.39, 0.29) is 0 Å². The Morgan fingerprint density at radius 3 is 2.83 bits per heavy atom. The number of hydrogen-bond acceptors (Lipinski definition) is 2. The van der Waals surface area contributed by atoms with E-state index in [4.69, 9.17) is 0 Å². The van der Waals surface area contributed by atoms with Crippen LogP contribution in [0, 0.1) is 0 Å². The molecule has 32 valence electrons. The van der Waals surface area contributed by atoms with Crippen molar-refractivity contribution in [3.05, 3.63) is 17.3 Å². The number of oxazole rings is 1. The van der Waals surface area contributed by atoms with E-state index >= 15 is 0 Å². The third-order valence-electron chi connectivity index (χ3n) is 0.402. The van der Waals surface area contributed by atoms with Crippen LogP contribution >= 0.6 is 15.9 Å². The molecule has 3 heteroatoms. The molecule has 6 heavy (non-hydrogen) atoms. The van der Waals surface area contributed by atoms with Crippen molar-refractivity contribution in [2.75, 3.05) is 0 Å². The monoisotopic (exact) mass is 147 g/mol. The maximum absolute atomic E-state index is 4.64. The molecular weight excluding hydrogens is 146 g/mol. The van der Waals surface area contributed by atoms with Crippen molar-refractivity contribution in [3.63, 3.8) is 0 Å². The Balaban J connectivity index is 3.05. The van der Waals surface area contributed by atoms with Crippen molar-refractivity contribution in [2.24, 2.45) is 0 Å². The van der Waals surface area contributed by atoms with Gasteiger partial charge in [-0.3, -0.25) is 0 Å². The van der Waals surface area contributed by atoms with Crippen LogP contribution in [-0.4, -0.2) is 4.98 Å². The number of hydrogen-bond donors (Lipinski definition) is 0. The van der Waals surface area contributed by atoms with Crippen LogP contribution in [-0.2, 0) is 0 Å². The Morgan fingerprint density at radius 2 is 2.67 bits per heavy atom. The number of aromatic nitrogens is 1. The fraction of sp³-hybridized carbons (Fsp3) is 0. The highest BCUT2D eigenvalue weighted by Gasteiger charge is 1.80. The third-order valence-corrected chi connectivity index (χ3v) is 0.794. The van der Waals surface area contributed by atoms with Crippen LogP contribution in [0.4, 0.5) is 0 Å². The van der Waals surface area contributed by atoms with Crippen molar-refractivity contribution >= 4 is 15.9 Å². The normalized spacial score (nSPS) is 8.83. The van der Waals surface area contributed by atoms with E-state index in [0.717, 1.165) is 0 Å². The van der Waals surface area contributed by atoms with Crippen molar-refractivity contribution in [1.82, 2.24) is 4.98 Å². The second-order valence-corrected chi connectivity index (χ2v) is 1.59. The van der Waals surface area contributed by atoms with Gasteiger partial charge in [0.15, 0.2) is 11.1 Å². The molecule has 0 spiro atoms. The molecule has 0 saturated carbocycles. The van der Waals surface area contributed by atoms with Crippen LogP contribution in [0.5, 0.6) is 0 Å². The van der Waals surface area contributed by atoms with Crippen LogP contribution in [0.3, 0.4) is 0 Å². The smallest absolute Gasteiger partial charge is 0.189 e. The summed E-state index contributed by atoms with van der Waals surface area (Å²) in [5, 5.41) is 0. The lowest BCUT2D eigenvalue weighted by molar-refractivity contribution is 0.533. The maximum Gasteiger partial charge on any atom is 0.189 e. The topological polar surface area (TPSA) is 26.0 Å². The molecular formula is C3H2BrNO. The van der Waals surface area contributed by atoms with E-state index in [9.17, 15) is 0 Å². The first kappa shape index (κ1) is 3.87. The van der Waals surface area contributed by atoms with Gasteiger partial charge in [-0.25, -0.2) is 4.98 Å². The molecule has 0 unspecified atom stereocenters. The molecule has 0 amide bonds. The van der Waals surface area contributed by atoms with Gasteiger partial charge in [-0.2, -0.15) is 0 Å². The molecule has 0 N–H and O–H groups in total. The second-order valence-electron chi connectivity index (χ2n) is 0.806. The lowest BCUT2D eigenvalue weighted by Gasteiger charge is -1.63. The summed E-state index contributed by atoms with van der Waals surface area (Å²) in [6.45, 7) is 0. The molecule has 0 aliphatic rings. The molecule has 0 aliphatic heterocycles. The Bertz CT molecular complexity index is 114. The summed E-state index contributed by atoms with van der Waals surface area (Å²) in [7, 11) is 0. The Kier molecular flexibility index (Phi) is 0.919. The molecule has 1 aromatic heterocycles. The first-order valence-corrected chi connectivity index (χ1v) is 2.23. The van der Waals surface area contributed by atoms with E-state index in [2.05, 4.69) is 25.3 Å². The van der Waals surface area contributed by atoms with Gasteiger partial charge < -0.3 is 4.42 Å². The summed E-state index contributed by atoms with van der Waals surface area (Å²) >= 11 is 3.05. The highest BCUT2D eigenvalue weighted by atomic mass is 79.9. The van der Waals surface area contributed by atoms with E-state index in [0.29, 0.717) is 4.67 Å². The predicted molar refractivity (Wildman–Crippen MR) is 24.2 cm³/mol. The van der Waals surface area contributed by atoms with Crippen LogP contribution in [0.15, 0.2) is 21.7 Å². The number of rotatable bonds is 0. The van der Waals surface area contributed by atoms with E-state index in [1.807, 2.05) is 0 Å². The zero-order valence-electron chi connectivity index (χ0n) is 2.89. The standard InChI is InChI=1S/C3H2BrNO/c4-3-1-5-2-6-3/h1-2H. The van der Waals surface area contributed by atoms with Gasteiger partial charge in [0.05, 0.1) is 6.20 Å². The van der Waals surface area contributed by atoms with Gasteiger partial charge in [-0.05, 0) is 15.9 Å². The van der Waals surface area contributed by atoms with Crippen molar-refractivity contribution in [2.45, 2.75) is 0 Å². The summed E-state index contributed by atoms with van der Waals surface area (Å²) < 4.78 is 5.31. The summed E-state index contributed by atoms with van der Waals surface area (Å²) in [6.07, 6.45) is 2.95. The first-order chi connectivity index (χ1) is 2.89. The largest absolute Gasteiger partial charge is 0.437 e. The molecule has 0 atom stereocenters. The highest BCUT2D eigenvalue weighted by molar-refractivity contribution is 9.10. The number of halogens is 1. The maximum atomic E-state index is 4.64. The van der Waals surface area contributed by atoms with Crippen LogP contribution in [0.1, 0.15) is 0 Å². The van der Waals surface area contributed by atoms with Crippen LogP contribution in [0.25, 0.3) is 0 Å². The molecule has 2 nitrogen and oxygen atoms in total. The van der Waals surface area contributed by atoms with Crippen molar-refractivity contribution < 1.29 is 4.42 Å². The molecule has 1 aromatic rings. The highest BCUT2D eigenvalue weighted by Crippen LogP contribution is 2.03. The fourth-order valence-corrected chi connectivity index (χ4v) is 0.402. The Morgan fingerprint density at radius 1 is 1.83 bits per heavy atom. The van der Waals surface area contributed by atoms with Gasteiger partial charge in [-0.15, -0.1) is 0 Å². The lowest BCUT2D eigenvalue weighted by atomic mass is 11.0. The Hall–Kier alpha value is -0.310. The number of nitrogens with zero attached hydrogens (tertiary/aromatic N) is 1. The molecule has 0 saturated heterocycles. The van der Waals surface area contributed by atoms with E-state index in [1.54, 1.807) is 6.20 Å². The lowest BCUT2D eigenvalue weighted by Crippen LogP contribution is -1.42. The first-order valence-electron chi connectivity index (χ1n) is 1.43. The van der Waals surface area contributed by atoms with Gasteiger partial charge in [-0.1, -0.05) is 0 Å². The molecule has 1 heterocycles. The molecule has 0 aliphatic carbocycles. The van der Waals surface area contributed by atoms with Crippen molar-refractivity contribution in [1.29, 1.82) is 0 Å². The average molecular weight is 148 g/mol. The van der Waals surface area contributed by atoms with Crippen LogP contribution in [0.2, 0.25) is 0 Å². The van der Waals surface area contributed by atoms with Gasteiger partial charge in [0, 0.05) is 0 Å². The zero-order chi connectivity index (χ0) is 4.41. The summed E-state index contributed by atoms with van der Waals surface area (Å²) in [5.41, 5.74) is 0. The van der Waals surface area contributed by atoms with Crippen LogP contribution < -0.4 is 0 Å². The minimum absolute atomic E-state index is 0.669.